The first-order chi connectivity index (χ1) is 13.9. The summed E-state index contributed by atoms with van der Waals surface area (Å²) in [6.45, 7) is 4.10. The van der Waals surface area contributed by atoms with Crippen LogP contribution in [0.4, 0.5) is 17.5 Å². The van der Waals surface area contributed by atoms with Gasteiger partial charge in [-0.3, -0.25) is 0 Å². The van der Waals surface area contributed by atoms with Crippen molar-refractivity contribution < 1.29 is 0 Å². The molecule has 29 heavy (non-hydrogen) atoms. The van der Waals surface area contributed by atoms with E-state index in [0.717, 1.165) is 34.9 Å². The van der Waals surface area contributed by atoms with Crippen LogP contribution in [0.25, 0.3) is 0 Å². The maximum Gasteiger partial charge on any atom is 0.158 e. The van der Waals surface area contributed by atoms with Crippen LogP contribution in [0.2, 0.25) is 5.02 Å². The van der Waals surface area contributed by atoms with Crippen molar-refractivity contribution in [3.8, 4) is 0 Å². The van der Waals surface area contributed by atoms with Crippen molar-refractivity contribution >= 4 is 40.8 Å². The number of piperidine rings is 1. The molecule has 3 fully saturated rings. The summed E-state index contributed by atoms with van der Waals surface area (Å²) in [6.07, 6.45) is 11.4. The number of hydrogen-bond donors (Lipinski definition) is 2. The summed E-state index contributed by atoms with van der Waals surface area (Å²) in [5.41, 5.74) is 14.3. The molecule has 3 heterocycles. The van der Waals surface area contributed by atoms with Gasteiger partial charge < -0.3 is 16.4 Å². The smallest absolute Gasteiger partial charge is 0.158 e. The Labute approximate surface area is 180 Å². The Balaban J connectivity index is 1.32. The molecular formula is C21H27ClN6S. The molecule has 2 aromatic heterocycles. The number of hydrogen-bond acceptors (Lipinski definition) is 7. The molecule has 0 radical (unpaired) electrons. The lowest BCUT2D eigenvalue weighted by molar-refractivity contribution is 0.213. The molecule has 8 heteroatoms. The highest BCUT2D eigenvalue weighted by Crippen LogP contribution is 2.66. The number of nitrogen functional groups attached to an aromatic ring is 2. The van der Waals surface area contributed by atoms with Gasteiger partial charge in [-0.15, -0.1) is 0 Å². The monoisotopic (exact) mass is 430 g/mol. The third kappa shape index (κ3) is 3.52. The van der Waals surface area contributed by atoms with Crippen molar-refractivity contribution in [2.24, 2.45) is 10.8 Å². The molecule has 2 aliphatic carbocycles. The zero-order valence-electron chi connectivity index (χ0n) is 16.7. The van der Waals surface area contributed by atoms with Gasteiger partial charge in [0.2, 0.25) is 0 Å². The van der Waals surface area contributed by atoms with Gasteiger partial charge >= 0.3 is 0 Å². The van der Waals surface area contributed by atoms with Crippen LogP contribution in [0.15, 0.2) is 22.2 Å². The zero-order chi connectivity index (χ0) is 20.2. The van der Waals surface area contributed by atoms with Crippen molar-refractivity contribution in [1.82, 2.24) is 15.0 Å². The summed E-state index contributed by atoms with van der Waals surface area (Å²) in [4.78, 5) is 16.6. The predicted molar refractivity (Wildman–Crippen MR) is 118 cm³/mol. The van der Waals surface area contributed by atoms with Gasteiger partial charge in [-0.05, 0) is 68.8 Å². The molecule has 5 rings (SSSR count). The van der Waals surface area contributed by atoms with Gasteiger partial charge in [0.1, 0.15) is 10.8 Å². The minimum absolute atomic E-state index is 0.304. The Morgan fingerprint density at radius 1 is 1.00 bits per heavy atom. The lowest BCUT2D eigenvalue weighted by Gasteiger charge is -2.40. The summed E-state index contributed by atoms with van der Waals surface area (Å²) in [6, 6.07) is 1.81. The van der Waals surface area contributed by atoms with Crippen molar-refractivity contribution in [2.45, 2.75) is 61.8 Å². The van der Waals surface area contributed by atoms with Crippen molar-refractivity contribution in [2.75, 3.05) is 29.5 Å². The fraction of sp³-hybridized carbons (Fsp3) is 0.571. The number of rotatable bonds is 3. The van der Waals surface area contributed by atoms with Crippen LogP contribution in [0.3, 0.4) is 0 Å². The normalized spacial score (nSPS) is 21.8. The Morgan fingerprint density at radius 3 is 2.31 bits per heavy atom. The van der Waals surface area contributed by atoms with E-state index in [0.29, 0.717) is 27.1 Å². The number of nitrogens with two attached hydrogens (primary N) is 2. The molecule has 1 saturated heterocycles. The summed E-state index contributed by atoms with van der Waals surface area (Å²) in [7, 11) is 0. The fourth-order valence-corrected chi connectivity index (χ4v) is 6.32. The average molecular weight is 431 g/mol. The Morgan fingerprint density at radius 2 is 1.66 bits per heavy atom. The second-order valence-corrected chi connectivity index (χ2v) is 10.5. The topological polar surface area (TPSA) is 93.9 Å². The van der Waals surface area contributed by atoms with E-state index < -0.39 is 0 Å². The highest BCUT2D eigenvalue weighted by molar-refractivity contribution is 7.99. The molecule has 0 amide bonds. The first-order valence-corrected chi connectivity index (χ1v) is 11.6. The van der Waals surface area contributed by atoms with Gasteiger partial charge in [-0.2, -0.15) is 0 Å². The van der Waals surface area contributed by atoms with Crippen LogP contribution >= 0.6 is 23.4 Å². The number of pyridine rings is 1. The first-order valence-electron chi connectivity index (χ1n) is 10.4. The van der Waals surface area contributed by atoms with E-state index in [1.54, 1.807) is 6.20 Å². The van der Waals surface area contributed by atoms with E-state index in [1.807, 2.05) is 13.0 Å². The van der Waals surface area contributed by atoms with Gasteiger partial charge in [0, 0.05) is 24.2 Å². The molecule has 154 valence electrons. The Hall–Kier alpha value is -1.73. The zero-order valence-corrected chi connectivity index (χ0v) is 18.3. The molecule has 0 bridgehead atoms. The van der Waals surface area contributed by atoms with Gasteiger partial charge in [0.15, 0.2) is 11.6 Å². The molecule has 0 atom stereocenters. The molecule has 0 aromatic carbocycles. The minimum Gasteiger partial charge on any atom is -0.382 e. The maximum atomic E-state index is 6.28. The van der Waals surface area contributed by atoms with E-state index in [2.05, 4.69) is 9.88 Å². The second kappa shape index (κ2) is 6.91. The van der Waals surface area contributed by atoms with E-state index >= 15 is 0 Å². The first kappa shape index (κ1) is 19.2. The van der Waals surface area contributed by atoms with Gasteiger partial charge in [-0.25, -0.2) is 15.0 Å². The van der Waals surface area contributed by atoms with Crippen molar-refractivity contribution in [3.05, 3.63) is 23.0 Å². The minimum atomic E-state index is 0.304. The van der Waals surface area contributed by atoms with E-state index in [-0.39, 0.29) is 0 Å². The number of nitrogens with zero attached hydrogens (tertiary/aromatic N) is 4. The number of anilines is 3. The molecule has 2 aromatic rings. The van der Waals surface area contributed by atoms with Crippen LogP contribution in [-0.4, -0.2) is 28.0 Å². The molecule has 1 aliphatic heterocycles. The van der Waals surface area contributed by atoms with Gasteiger partial charge in [0.05, 0.1) is 10.7 Å². The number of halogens is 1. The van der Waals surface area contributed by atoms with Gasteiger partial charge in [-0.1, -0.05) is 23.4 Å². The lowest BCUT2D eigenvalue weighted by Crippen LogP contribution is -2.40. The summed E-state index contributed by atoms with van der Waals surface area (Å²) < 4.78 is 0. The predicted octanol–water partition coefficient (Wildman–Crippen LogP) is 4.70. The molecule has 3 aliphatic rings. The Kier molecular flexibility index (Phi) is 4.59. The molecule has 0 unspecified atom stereocenters. The fourth-order valence-electron chi connectivity index (χ4n) is 5.23. The van der Waals surface area contributed by atoms with Crippen LogP contribution < -0.4 is 16.4 Å². The van der Waals surface area contributed by atoms with Crippen molar-refractivity contribution in [3.63, 3.8) is 0 Å². The second-order valence-electron chi connectivity index (χ2n) is 9.10. The summed E-state index contributed by atoms with van der Waals surface area (Å²) in [5, 5.41) is 1.07. The van der Waals surface area contributed by atoms with Crippen LogP contribution in [0, 0.1) is 17.8 Å². The standard InChI is InChI=1S/C21H27ClN6S/c1-13-18(28-10-7-21(8-11-28)6-5-20(12-21)3-4-20)27-17(24)19(26-13)29-14-2-9-25-16(23)15(14)22/h2,9H,3-8,10-12H2,1H3,(H2,23,25)(H2,24,27). The SMILES string of the molecule is Cc1nc(Sc2ccnc(N)c2Cl)c(N)nc1N1CCC2(CC1)CCC1(CC1)C2. The Bertz CT molecular complexity index is 952. The van der Waals surface area contributed by atoms with E-state index in [4.69, 9.17) is 33.0 Å². The molecule has 2 saturated carbocycles. The number of aryl methyl sites for hydroxylation is 1. The number of aromatic nitrogens is 3. The van der Waals surface area contributed by atoms with Crippen molar-refractivity contribution in [1.29, 1.82) is 0 Å². The largest absolute Gasteiger partial charge is 0.382 e. The molecule has 2 spiro atoms. The quantitative estimate of drug-likeness (QED) is 0.728. The molecule has 6 nitrogen and oxygen atoms in total. The molecular weight excluding hydrogens is 404 g/mol. The third-order valence-corrected chi connectivity index (χ3v) is 8.71. The van der Waals surface area contributed by atoms with Gasteiger partial charge in [0.25, 0.3) is 0 Å². The highest BCUT2D eigenvalue weighted by Gasteiger charge is 2.54. The van der Waals surface area contributed by atoms with Crippen LogP contribution in [0.1, 0.15) is 50.6 Å². The van der Waals surface area contributed by atoms with E-state index in [9.17, 15) is 0 Å². The highest BCUT2D eigenvalue weighted by atomic mass is 35.5. The lowest BCUT2D eigenvalue weighted by atomic mass is 9.76. The van der Waals surface area contributed by atoms with Crippen LogP contribution in [-0.2, 0) is 0 Å². The average Bonchev–Trinajstić information content (AvgIpc) is 3.37. The van der Waals surface area contributed by atoms with E-state index in [1.165, 1.54) is 56.7 Å². The summed E-state index contributed by atoms with van der Waals surface area (Å²) in [5.74, 6) is 1.65. The maximum absolute atomic E-state index is 6.28. The third-order valence-electron chi connectivity index (χ3n) is 7.14. The van der Waals surface area contributed by atoms with Crippen LogP contribution in [0.5, 0.6) is 0 Å². The summed E-state index contributed by atoms with van der Waals surface area (Å²) >= 11 is 7.64. The molecule has 4 N–H and O–H groups in total.